The molecule has 2 aliphatic rings. The van der Waals surface area contributed by atoms with Crippen LogP contribution in [0.15, 0.2) is 6.07 Å². The van der Waals surface area contributed by atoms with Gasteiger partial charge in [-0.3, -0.25) is 4.79 Å². The van der Waals surface area contributed by atoms with Crippen LogP contribution in [0.2, 0.25) is 0 Å². The lowest BCUT2D eigenvalue weighted by molar-refractivity contribution is -0.136. The summed E-state index contributed by atoms with van der Waals surface area (Å²) in [6, 6.07) is 2.17. The van der Waals surface area contributed by atoms with Gasteiger partial charge in [0.2, 0.25) is 5.91 Å². The first-order chi connectivity index (χ1) is 13.0. The highest BCUT2D eigenvalue weighted by Crippen LogP contribution is 2.38. The molecule has 150 valence electrons. The number of carbonyl (C=O) groups is 1. The number of amides is 1. The van der Waals surface area contributed by atoms with Crippen LogP contribution >= 0.6 is 11.8 Å². The Labute approximate surface area is 168 Å². The number of carbonyl (C=O) groups excluding carboxylic acids is 1. The number of methoxy groups -OCH3 is 1. The van der Waals surface area contributed by atoms with Crippen molar-refractivity contribution in [1.82, 2.24) is 4.90 Å². The third-order valence-electron chi connectivity index (χ3n) is 6.21. The molecule has 3 rings (SSSR count). The number of hydrogen-bond acceptors (Lipinski definition) is 4. The van der Waals surface area contributed by atoms with E-state index in [1.165, 1.54) is 22.3 Å². The molecule has 27 heavy (non-hydrogen) atoms. The molecule has 0 saturated carbocycles. The molecular weight excluding hydrogens is 358 g/mol. The van der Waals surface area contributed by atoms with Crippen LogP contribution in [0.1, 0.15) is 35.6 Å². The van der Waals surface area contributed by atoms with Crippen LogP contribution in [0, 0.1) is 25.7 Å². The molecule has 1 saturated heterocycles. The van der Waals surface area contributed by atoms with E-state index in [2.05, 4.69) is 31.7 Å². The van der Waals surface area contributed by atoms with Gasteiger partial charge in [-0.1, -0.05) is 6.92 Å². The summed E-state index contributed by atoms with van der Waals surface area (Å²) in [4.78, 5) is 15.1. The van der Waals surface area contributed by atoms with Gasteiger partial charge in [0.25, 0.3) is 0 Å². The second-order valence-corrected chi connectivity index (χ2v) is 9.07. The second-order valence-electron chi connectivity index (χ2n) is 7.84. The first kappa shape index (κ1) is 20.5. The van der Waals surface area contributed by atoms with Gasteiger partial charge in [-0.25, -0.2) is 0 Å². The lowest BCUT2D eigenvalue weighted by Gasteiger charge is -2.35. The van der Waals surface area contributed by atoms with Crippen molar-refractivity contribution in [1.29, 1.82) is 0 Å². The van der Waals surface area contributed by atoms with Crippen molar-refractivity contribution in [2.75, 3.05) is 44.9 Å². The summed E-state index contributed by atoms with van der Waals surface area (Å²) in [5.74, 6) is 3.99. The summed E-state index contributed by atoms with van der Waals surface area (Å²) in [6.07, 6.45) is 3.16. The Morgan fingerprint density at radius 3 is 2.70 bits per heavy atom. The summed E-state index contributed by atoms with van der Waals surface area (Å²) in [5, 5.41) is 0. The molecule has 1 amide bonds. The molecular formula is C22H33NO3S. The topological polar surface area (TPSA) is 38.8 Å². The smallest absolute Gasteiger partial charge is 0.225 e. The summed E-state index contributed by atoms with van der Waals surface area (Å²) in [7, 11) is 1.69. The van der Waals surface area contributed by atoms with E-state index in [1.54, 1.807) is 7.11 Å². The molecule has 1 aromatic carbocycles. The quantitative estimate of drug-likeness (QED) is 0.694. The number of fused-ring (bicyclic) bond motifs is 1. The molecule has 5 heteroatoms. The predicted molar refractivity (Wildman–Crippen MR) is 112 cm³/mol. The Balaban J connectivity index is 1.74. The maximum absolute atomic E-state index is 13.0. The van der Waals surface area contributed by atoms with Gasteiger partial charge in [0.15, 0.2) is 0 Å². The predicted octanol–water partition coefficient (Wildman–Crippen LogP) is 3.65. The first-order valence-electron chi connectivity index (χ1n) is 10.1. The van der Waals surface area contributed by atoms with Crippen molar-refractivity contribution in [2.24, 2.45) is 11.8 Å². The van der Waals surface area contributed by atoms with Crippen molar-refractivity contribution >= 4 is 17.7 Å². The van der Waals surface area contributed by atoms with Gasteiger partial charge in [0.1, 0.15) is 12.4 Å². The second kappa shape index (κ2) is 9.33. The molecule has 1 heterocycles. The van der Waals surface area contributed by atoms with Gasteiger partial charge >= 0.3 is 0 Å². The zero-order valence-electron chi connectivity index (χ0n) is 17.2. The van der Waals surface area contributed by atoms with Crippen molar-refractivity contribution in [2.45, 2.75) is 40.0 Å². The van der Waals surface area contributed by atoms with Gasteiger partial charge in [-0.2, -0.15) is 11.8 Å². The zero-order chi connectivity index (χ0) is 19.4. The summed E-state index contributed by atoms with van der Waals surface area (Å²) < 4.78 is 11.1. The largest absolute Gasteiger partial charge is 0.491 e. The SMILES string of the molecule is COCCOc1cc(C)c2c(c1C)C[C@H](C(C)C(=O)N1CCSCC1)CC2. The molecule has 0 spiro atoms. The monoisotopic (exact) mass is 391 g/mol. The van der Waals surface area contributed by atoms with Crippen LogP contribution in [0.25, 0.3) is 0 Å². The van der Waals surface area contributed by atoms with Crippen LogP contribution < -0.4 is 4.74 Å². The van der Waals surface area contributed by atoms with Gasteiger partial charge < -0.3 is 14.4 Å². The van der Waals surface area contributed by atoms with Gasteiger partial charge in [-0.05, 0) is 67.3 Å². The molecule has 0 N–H and O–H groups in total. The van der Waals surface area contributed by atoms with Crippen LogP contribution in [0.5, 0.6) is 5.75 Å². The van der Waals surface area contributed by atoms with Gasteiger partial charge in [-0.15, -0.1) is 0 Å². The van der Waals surface area contributed by atoms with E-state index in [0.29, 0.717) is 25.0 Å². The third kappa shape index (κ3) is 4.62. The van der Waals surface area contributed by atoms with E-state index in [1.807, 2.05) is 11.8 Å². The average molecular weight is 392 g/mol. The molecule has 4 nitrogen and oxygen atoms in total. The van der Waals surface area contributed by atoms with Crippen LogP contribution in [0.3, 0.4) is 0 Å². The standard InChI is InChI=1S/C22H33NO3S/c1-15-13-21(26-10-9-25-4)17(3)20-14-18(5-6-19(15)20)16(2)22(24)23-7-11-27-12-8-23/h13,16,18H,5-12,14H2,1-4H3/t16?,18-/m1/s1. The third-order valence-corrected chi connectivity index (χ3v) is 7.15. The Morgan fingerprint density at radius 1 is 1.26 bits per heavy atom. The maximum Gasteiger partial charge on any atom is 0.225 e. The highest BCUT2D eigenvalue weighted by atomic mass is 32.2. The van der Waals surface area contributed by atoms with Crippen molar-refractivity contribution in [3.05, 3.63) is 28.3 Å². The molecule has 1 aliphatic carbocycles. The fourth-order valence-electron chi connectivity index (χ4n) is 4.41. The highest BCUT2D eigenvalue weighted by Gasteiger charge is 2.32. The van der Waals surface area contributed by atoms with Gasteiger partial charge in [0, 0.05) is 37.6 Å². The van der Waals surface area contributed by atoms with E-state index < -0.39 is 0 Å². The minimum Gasteiger partial charge on any atom is -0.491 e. The fraction of sp³-hybridized carbons (Fsp3) is 0.682. The number of aryl methyl sites for hydroxylation is 1. The molecule has 0 aromatic heterocycles. The lowest BCUT2D eigenvalue weighted by atomic mass is 9.74. The zero-order valence-corrected chi connectivity index (χ0v) is 18.0. The van der Waals surface area contributed by atoms with E-state index in [0.717, 1.165) is 49.6 Å². The van der Waals surface area contributed by atoms with Crippen LogP contribution in [-0.2, 0) is 22.4 Å². The number of benzene rings is 1. The summed E-state index contributed by atoms with van der Waals surface area (Å²) in [6.45, 7) is 9.47. The van der Waals surface area contributed by atoms with Crippen molar-refractivity contribution < 1.29 is 14.3 Å². The molecule has 0 bridgehead atoms. The molecule has 1 aromatic rings. The Hall–Kier alpha value is -1.20. The van der Waals surface area contributed by atoms with E-state index in [-0.39, 0.29) is 5.92 Å². The number of rotatable bonds is 6. The summed E-state index contributed by atoms with van der Waals surface area (Å²) >= 11 is 1.95. The number of thioether (sulfide) groups is 1. The number of nitrogens with zero attached hydrogens (tertiary/aromatic N) is 1. The van der Waals surface area contributed by atoms with E-state index in [4.69, 9.17) is 9.47 Å². The molecule has 1 fully saturated rings. The average Bonchev–Trinajstić information content (AvgIpc) is 2.71. The Bertz CT molecular complexity index is 670. The highest BCUT2D eigenvalue weighted by molar-refractivity contribution is 7.99. The van der Waals surface area contributed by atoms with Crippen LogP contribution in [-0.4, -0.2) is 55.7 Å². The van der Waals surface area contributed by atoms with E-state index in [9.17, 15) is 4.79 Å². The maximum atomic E-state index is 13.0. The fourth-order valence-corrected chi connectivity index (χ4v) is 5.31. The van der Waals surface area contributed by atoms with Crippen molar-refractivity contribution in [3.63, 3.8) is 0 Å². The minimum atomic E-state index is 0.0963. The molecule has 1 aliphatic heterocycles. The molecule has 0 radical (unpaired) electrons. The first-order valence-corrected chi connectivity index (χ1v) is 11.3. The van der Waals surface area contributed by atoms with E-state index >= 15 is 0 Å². The lowest BCUT2D eigenvalue weighted by Crippen LogP contribution is -2.43. The van der Waals surface area contributed by atoms with Crippen molar-refractivity contribution in [3.8, 4) is 5.75 Å². The molecule has 2 atom stereocenters. The normalized spacial score (nSPS) is 20.9. The Kier molecular flexibility index (Phi) is 7.10. The van der Waals surface area contributed by atoms with Crippen LogP contribution in [0.4, 0.5) is 0 Å². The minimum absolute atomic E-state index is 0.0963. The van der Waals surface area contributed by atoms with Gasteiger partial charge in [0.05, 0.1) is 6.61 Å². The number of ether oxygens (including phenoxy) is 2. The summed E-state index contributed by atoms with van der Waals surface area (Å²) in [5.41, 5.74) is 5.43. The Morgan fingerprint density at radius 2 is 2.00 bits per heavy atom. The molecule has 1 unspecified atom stereocenters. The number of hydrogen-bond donors (Lipinski definition) is 0.